The molecule has 0 fully saturated rings. The highest BCUT2D eigenvalue weighted by Gasteiger charge is 2.08. The zero-order valence-electron chi connectivity index (χ0n) is 6.78. The summed E-state index contributed by atoms with van der Waals surface area (Å²) in [7, 11) is 0. The molecule has 4 heteroatoms. The fraction of sp³-hybridized carbons (Fsp3) is 0.111. The molecule has 0 aliphatic heterocycles. The normalized spacial score (nSPS) is 14.9. The van der Waals surface area contributed by atoms with Gasteiger partial charge in [0.2, 0.25) is 12.2 Å². The lowest BCUT2D eigenvalue weighted by Crippen LogP contribution is -1.92. The summed E-state index contributed by atoms with van der Waals surface area (Å²) in [4.78, 5) is 26.8. The van der Waals surface area contributed by atoms with Crippen molar-refractivity contribution in [2.45, 2.75) is 6.42 Å². The zero-order valence-corrected chi connectivity index (χ0v) is 6.78. The molecule has 1 rings (SSSR count). The summed E-state index contributed by atoms with van der Waals surface area (Å²) in [6.07, 6.45) is 6.47. The van der Waals surface area contributed by atoms with E-state index in [-0.39, 0.29) is 0 Å². The van der Waals surface area contributed by atoms with E-state index < -0.39 is 0 Å². The number of allylic oxidation sites excluding steroid dienone is 3. The van der Waals surface area contributed by atoms with Crippen LogP contribution in [0.2, 0.25) is 0 Å². The van der Waals surface area contributed by atoms with Crippen molar-refractivity contribution in [3.63, 3.8) is 0 Å². The molecule has 4 nitrogen and oxygen atoms in total. The van der Waals surface area contributed by atoms with Crippen molar-refractivity contribution in [3.05, 3.63) is 35.7 Å². The highest BCUT2D eigenvalue weighted by molar-refractivity contribution is 5.48. The third-order valence-corrected chi connectivity index (χ3v) is 1.51. The smallest absolute Gasteiger partial charge is 0.211 e. The number of rotatable bonds is 2. The third-order valence-electron chi connectivity index (χ3n) is 1.51. The lowest BCUT2D eigenvalue weighted by atomic mass is 10.1. The van der Waals surface area contributed by atoms with Crippen LogP contribution in [0, 0.1) is 0 Å². The summed E-state index contributed by atoms with van der Waals surface area (Å²) in [6, 6.07) is 0. The van der Waals surface area contributed by atoms with Crippen LogP contribution in [0.5, 0.6) is 0 Å². The average molecular weight is 174 g/mol. The van der Waals surface area contributed by atoms with Crippen LogP contribution < -0.4 is 0 Å². The molecular weight excluding hydrogens is 168 g/mol. The molecule has 0 aromatic heterocycles. The van der Waals surface area contributed by atoms with Gasteiger partial charge in [-0.25, -0.2) is 9.59 Å². The maximum atomic E-state index is 10.0. The molecule has 1 aliphatic carbocycles. The van der Waals surface area contributed by atoms with E-state index in [1.54, 1.807) is 12.2 Å². The van der Waals surface area contributed by atoms with Crippen LogP contribution in [0.1, 0.15) is 6.42 Å². The molecule has 0 aromatic carbocycles. The first-order chi connectivity index (χ1) is 6.27. The van der Waals surface area contributed by atoms with Crippen LogP contribution in [0.4, 0.5) is 0 Å². The van der Waals surface area contributed by atoms with E-state index in [0.717, 1.165) is 5.57 Å². The molecule has 0 atom stereocenters. The predicted octanol–water partition coefficient (Wildman–Crippen LogP) is 1.39. The Morgan fingerprint density at radius 2 is 1.92 bits per heavy atom. The van der Waals surface area contributed by atoms with E-state index in [1.165, 1.54) is 12.2 Å². The molecule has 0 unspecified atom stereocenters. The van der Waals surface area contributed by atoms with Crippen LogP contribution >= 0.6 is 0 Å². The molecule has 0 amide bonds. The number of aliphatic imine (C=N–C) groups is 2. The van der Waals surface area contributed by atoms with Crippen molar-refractivity contribution in [2.24, 2.45) is 9.98 Å². The first-order valence-corrected chi connectivity index (χ1v) is 3.52. The fourth-order valence-corrected chi connectivity index (χ4v) is 0.960. The van der Waals surface area contributed by atoms with Crippen molar-refractivity contribution in [1.82, 2.24) is 0 Å². The van der Waals surface area contributed by atoms with Gasteiger partial charge in [0.05, 0.1) is 11.4 Å². The van der Waals surface area contributed by atoms with Crippen LogP contribution in [-0.2, 0) is 9.59 Å². The first kappa shape index (κ1) is 9.07. The van der Waals surface area contributed by atoms with Gasteiger partial charge in [-0.1, -0.05) is 12.7 Å². The van der Waals surface area contributed by atoms with Crippen molar-refractivity contribution in [3.8, 4) is 0 Å². The fourth-order valence-electron chi connectivity index (χ4n) is 0.960. The Kier molecular flexibility index (Phi) is 2.87. The number of hydrogen-bond donors (Lipinski definition) is 0. The van der Waals surface area contributed by atoms with Gasteiger partial charge in [-0.15, -0.1) is 0 Å². The van der Waals surface area contributed by atoms with Gasteiger partial charge in [0.15, 0.2) is 0 Å². The summed E-state index contributed by atoms with van der Waals surface area (Å²) < 4.78 is 0. The lowest BCUT2D eigenvalue weighted by Gasteiger charge is -2.07. The predicted molar refractivity (Wildman–Crippen MR) is 46.2 cm³/mol. The van der Waals surface area contributed by atoms with E-state index in [1.807, 2.05) is 0 Å². The van der Waals surface area contributed by atoms with Gasteiger partial charge in [-0.3, -0.25) is 0 Å². The lowest BCUT2D eigenvalue weighted by molar-refractivity contribution is 0.562. The molecule has 0 heterocycles. The molecule has 0 saturated heterocycles. The Balaban J connectivity index is 3.15. The number of carbonyl (C=O) groups excluding carboxylic acids is 2. The standard InChI is InChI=1S/C9H6N2O2/c1-7-2-3-8(10-5-12)9(4-7)11-6-13/h2-3H,1,4H2. The maximum Gasteiger partial charge on any atom is 0.240 e. The number of isocyanates is 2. The second-order valence-corrected chi connectivity index (χ2v) is 2.41. The molecular formula is C9H6N2O2. The largest absolute Gasteiger partial charge is 0.240 e. The summed E-state index contributed by atoms with van der Waals surface area (Å²) in [5.74, 6) is 0. The highest BCUT2D eigenvalue weighted by atomic mass is 16.1. The summed E-state index contributed by atoms with van der Waals surface area (Å²) in [5, 5.41) is 0. The topological polar surface area (TPSA) is 58.9 Å². The number of hydrogen-bond acceptors (Lipinski definition) is 4. The van der Waals surface area contributed by atoms with Crippen LogP contribution in [0.3, 0.4) is 0 Å². The second kappa shape index (κ2) is 4.12. The molecule has 0 radical (unpaired) electrons. The van der Waals surface area contributed by atoms with Crippen molar-refractivity contribution >= 4 is 12.2 Å². The van der Waals surface area contributed by atoms with E-state index in [4.69, 9.17) is 0 Å². The van der Waals surface area contributed by atoms with Gasteiger partial charge in [0.25, 0.3) is 0 Å². The zero-order chi connectivity index (χ0) is 9.68. The van der Waals surface area contributed by atoms with E-state index >= 15 is 0 Å². The third kappa shape index (κ3) is 2.20. The van der Waals surface area contributed by atoms with Crippen molar-refractivity contribution in [1.29, 1.82) is 0 Å². The molecule has 0 bridgehead atoms. The van der Waals surface area contributed by atoms with Gasteiger partial charge in [-0.2, -0.15) is 9.98 Å². The Hall–Kier alpha value is -2.02. The Morgan fingerprint density at radius 3 is 2.54 bits per heavy atom. The Bertz CT molecular complexity index is 392. The SMILES string of the molecule is C=C1C=CC(N=C=O)=C(N=C=O)C1. The van der Waals surface area contributed by atoms with E-state index in [2.05, 4.69) is 16.6 Å². The monoisotopic (exact) mass is 174 g/mol. The van der Waals surface area contributed by atoms with Gasteiger partial charge in [0, 0.05) is 6.42 Å². The molecule has 0 N–H and O–H groups in total. The van der Waals surface area contributed by atoms with Gasteiger partial charge < -0.3 is 0 Å². The van der Waals surface area contributed by atoms with E-state index in [9.17, 15) is 9.59 Å². The molecule has 0 aromatic rings. The van der Waals surface area contributed by atoms with Crippen molar-refractivity contribution < 1.29 is 9.59 Å². The molecule has 1 aliphatic rings. The first-order valence-electron chi connectivity index (χ1n) is 3.52. The maximum absolute atomic E-state index is 10.0. The average Bonchev–Trinajstić information content (AvgIpc) is 2.10. The van der Waals surface area contributed by atoms with Gasteiger partial charge in [0.1, 0.15) is 0 Å². The minimum absolute atomic E-state index is 0.339. The summed E-state index contributed by atoms with van der Waals surface area (Å²) in [6.45, 7) is 3.69. The minimum atomic E-state index is 0.339. The molecule has 13 heavy (non-hydrogen) atoms. The number of nitrogens with zero attached hydrogens (tertiary/aromatic N) is 2. The summed E-state index contributed by atoms with van der Waals surface area (Å²) >= 11 is 0. The Labute approximate surface area is 74.7 Å². The Morgan fingerprint density at radius 1 is 1.23 bits per heavy atom. The quantitative estimate of drug-likeness (QED) is 0.469. The summed E-state index contributed by atoms with van der Waals surface area (Å²) in [5.41, 5.74) is 1.54. The minimum Gasteiger partial charge on any atom is -0.211 e. The van der Waals surface area contributed by atoms with Crippen LogP contribution in [0.25, 0.3) is 0 Å². The van der Waals surface area contributed by atoms with E-state index in [0.29, 0.717) is 17.8 Å². The molecule has 0 spiro atoms. The van der Waals surface area contributed by atoms with Crippen molar-refractivity contribution in [2.75, 3.05) is 0 Å². The van der Waals surface area contributed by atoms with Crippen LogP contribution in [-0.4, -0.2) is 12.2 Å². The van der Waals surface area contributed by atoms with Crippen LogP contribution in [0.15, 0.2) is 45.7 Å². The molecule has 0 saturated carbocycles. The highest BCUT2D eigenvalue weighted by Crippen LogP contribution is 2.22. The molecule has 64 valence electrons. The second-order valence-electron chi connectivity index (χ2n) is 2.41. The van der Waals surface area contributed by atoms with Gasteiger partial charge >= 0.3 is 0 Å². The van der Waals surface area contributed by atoms with Gasteiger partial charge in [-0.05, 0) is 11.6 Å².